The number of aromatic nitrogens is 3. The zero-order valence-electron chi connectivity index (χ0n) is 27.6. The van der Waals surface area contributed by atoms with Crippen molar-refractivity contribution in [2.45, 2.75) is 85.6 Å². The minimum Gasteiger partial charge on any atom is -0.444 e. The van der Waals surface area contributed by atoms with Crippen molar-refractivity contribution in [3.8, 4) is 0 Å². The number of rotatable bonds is 12. The number of nitrogens with zero attached hydrogens (tertiary/aromatic N) is 4. The Morgan fingerprint density at radius 2 is 2.05 bits per heavy atom. The van der Waals surface area contributed by atoms with Gasteiger partial charge in [-0.05, 0) is 37.6 Å². The van der Waals surface area contributed by atoms with Gasteiger partial charge in [-0.2, -0.15) is 0 Å². The Bertz CT molecular complexity index is 1390. The summed E-state index contributed by atoms with van der Waals surface area (Å²) in [6.45, 7) is 16.3. The topological polar surface area (TPSA) is 122 Å². The Morgan fingerprint density at radius 1 is 1.25 bits per heavy atom. The number of hydrogen-bond donors (Lipinski definition) is 2. The van der Waals surface area contributed by atoms with Crippen molar-refractivity contribution < 1.29 is 18.7 Å². The molecule has 5 rings (SSSR count). The number of oxazole rings is 1. The van der Waals surface area contributed by atoms with E-state index in [0.29, 0.717) is 68.2 Å². The maximum Gasteiger partial charge on any atom is 0.227 e. The fourth-order valence-electron chi connectivity index (χ4n) is 6.81. The van der Waals surface area contributed by atoms with Crippen molar-refractivity contribution in [3.63, 3.8) is 0 Å². The molecule has 2 N–H and O–H groups in total. The minimum absolute atomic E-state index is 0.0346. The van der Waals surface area contributed by atoms with Crippen molar-refractivity contribution in [2.75, 3.05) is 45.2 Å². The third-order valence-electron chi connectivity index (χ3n) is 9.18. The lowest BCUT2D eigenvalue weighted by Crippen LogP contribution is -2.49. The van der Waals surface area contributed by atoms with Crippen LogP contribution in [0.15, 0.2) is 22.3 Å². The normalized spacial score (nSPS) is 23.4. The molecule has 4 heterocycles. The number of Topliss-reactive ketones (excluding diaryl/α,β-unsaturated/α-hetero) is 1. The number of anilines is 1. The SMILES string of the molecule is COCCCNc1nc(C(C)(C)C)ncc1C(=O)CC1([C@@H]2CNC[C@H](C(=O)N3CCc4nc(C)oc4C3)C2)C=C1CC(C)C. The summed E-state index contributed by atoms with van der Waals surface area (Å²) in [6, 6.07) is 0. The van der Waals surface area contributed by atoms with E-state index in [1.54, 1.807) is 13.3 Å². The van der Waals surface area contributed by atoms with E-state index >= 15 is 0 Å². The largest absolute Gasteiger partial charge is 0.444 e. The lowest BCUT2D eigenvalue weighted by Gasteiger charge is -2.38. The van der Waals surface area contributed by atoms with Crippen molar-refractivity contribution in [2.24, 2.45) is 23.2 Å². The number of nitrogens with one attached hydrogen (secondary N) is 2. The summed E-state index contributed by atoms with van der Waals surface area (Å²) in [4.78, 5) is 43.7. The van der Waals surface area contributed by atoms with Crippen molar-refractivity contribution in [1.29, 1.82) is 0 Å². The van der Waals surface area contributed by atoms with Crippen LogP contribution >= 0.6 is 0 Å². The zero-order chi connectivity index (χ0) is 31.6. The molecule has 2 aromatic heterocycles. The summed E-state index contributed by atoms with van der Waals surface area (Å²) < 4.78 is 11.0. The number of ketones is 1. The van der Waals surface area contributed by atoms with E-state index in [9.17, 15) is 9.59 Å². The second-order valence-electron chi connectivity index (χ2n) is 14.3. The van der Waals surface area contributed by atoms with Crippen LogP contribution in [0.25, 0.3) is 0 Å². The summed E-state index contributed by atoms with van der Waals surface area (Å²) in [5.41, 5.74) is 2.26. The van der Waals surface area contributed by atoms with E-state index in [2.05, 4.69) is 61.3 Å². The molecule has 240 valence electrons. The second kappa shape index (κ2) is 13.1. The first kappa shape index (κ1) is 32.3. The maximum absolute atomic E-state index is 14.1. The average Bonchev–Trinajstić information content (AvgIpc) is 3.51. The van der Waals surface area contributed by atoms with E-state index in [1.807, 2.05) is 11.8 Å². The van der Waals surface area contributed by atoms with Gasteiger partial charge in [-0.25, -0.2) is 15.0 Å². The monoisotopic (exact) mass is 606 g/mol. The standard InChI is InChI=1S/C34H50N6O4/c1-21(2)13-24-15-34(24,16-28(41)26-19-37-32(33(4,5)6)39-30(26)36-10-8-12-43-7)25-14-23(17-35-18-25)31(42)40-11-9-27-29(20-40)44-22(3)38-27/h15,19,21,23,25,35H,8-14,16-18,20H2,1-7H3,(H,36,37,39)/t23-,25+,34?/m1/s1. The Balaban J connectivity index is 1.34. The molecule has 10 nitrogen and oxygen atoms in total. The van der Waals surface area contributed by atoms with Gasteiger partial charge in [0.1, 0.15) is 17.4 Å². The van der Waals surface area contributed by atoms with Crippen molar-refractivity contribution >= 4 is 17.5 Å². The number of hydrogen-bond acceptors (Lipinski definition) is 9. The number of piperidine rings is 1. The molecule has 44 heavy (non-hydrogen) atoms. The van der Waals surface area contributed by atoms with Crippen LogP contribution in [0.4, 0.5) is 5.82 Å². The lowest BCUT2D eigenvalue weighted by molar-refractivity contribution is -0.138. The van der Waals surface area contributed by atoms with Gasteiger partial charge in [-0.3, -0.25) is 9.59 Å². The molecular weight excluding hydrogens is 556 g/mol. The number of amides is 1. The van der Waals surface area contributed by atoms with E-state index in [4.69, 9.17) is 14.1 Å². The number of carbonyl (C=O) groups excluding carboxylic acids is 2. The molecule has 3 atom stereocenters. The fraction of sp³-hybridized carbons (Fsp3) is 0.676. The number of ether oxygens (including phenoxy) is 1. The van der Waals surface area contributed by atoms with E-state index < -0.39 is 0 Å². The second-order valence-corrected chi connectivity index (χ2v) is 14.3. The van der Waals surface area contributed by atoms with Crippen LogP contribution in [0.2, 0.25) is 0 Å². The first-order chi connectivity index (χ1) is 20.9. The van der Waals surface area contributed by atoms with E-state index in [-0.39, 0.29) is 34.4 Å². The van der Waals surface area contributed by atoms with E-state index in [0.717, 1.165) is 43.7 Å². The van der Waals surface area contributed by atoms with Gasteiger partial charge >= 0.3 is 0 Å². The minimum atomic E-state index is -0.333. The summed E-state index contributed by atoms with van der Waals surface area (Å²) in [7, 11) is 1.69. The van der Waals surface area contributed by atoms with Gasteiger partial charge in [0.15, 0.2) is 11.7 Å². The highest BCUT2D eigenvalue weighted by atomic mass is 16.5. The van der Waals surface area contributed by atoms with Gasteiger partial charge in [-0.15, -0.1) is 0 Å². The Kier molecular flexibility index (Phi) is 9.61. The van der Waals surface area contributed by atoms with E-state index in [1.165, 1.54) is 5.57 Å². The molecule has 10 heteroatoms. The third kappa shape index (κ3) is 7.07. The van der Waals surface area contributed by atoms with Gasteiger partial charge in [0.05, 0.1) is 23.7 Å². The predicted octanol–water partition coefficient (Wildman–Crippen LogP) is 4.87. The zero-order valence-corrected chi connectivity index (χ0v) is 27.6. The van der Waals surface area contributed by atoms with Crippen LogP contribution in [0.1, 0.15) is 93.8 Å². The molecule has 2 aromatic rings. The molecule has 1 amide bonds. The molecule has 0 saturated carbocycles. The maximum atomic E-state index is 14.1. The van der Waals surface area contributed by atoms with Crippen LogP contribution in [0.3, 0.4) is 0 Å². The number of allylic oxidation sites excluding steroid dienone is 2. The molecule has 3 aliphatic rings. The highest BCUT2D eigenvalue weighted by Crippen LogP contribution is 2.58. The molecule has 1 aliphatic carbocycles. The molecule has 2 aliphatic heterocycles. The van der Waals surface area contributed by atoms with Crippen LogP contribution in [0, 0.1) is 30.1 Å². The Labute approximate surface area is 261 Å². The smallest absolute Gasteiger partial charge is 0.227 e. The lowest BCUT2D eigenvalue weighted by atomic mass is 9.72. The van der Waals surface area contributed by atoms with Gasteiger partial charge in [0.25, 0.3) is 0 Å². The highest BCUT2D eigenvalue weighted by Gasteiger charge is 2.53. The van der Waals surface area contributed by atoms with Gasteiger partial charge in [-0.1, -0.05) is 46.3 Å². The number of aryl methyl sites for hydroxylation is 1. The summed E-state index contributed by atoms with van der Waals surface area (Å²) in [6.07, 6.45) is 7.59. The third-order valence-corrected chi connectivity index (χ3v) is 9.18. The summed E-state index contributed by atoms with van der Waals surface area (Å²) >= 11 is 0. The molecule has 0 bridgehead atoms. The Morgan fingerprint density at radius 3 is 2.77 bits per heavy atom. The number of fused-ring (bicyclic) bond motifs is 1. The van der Waals surface area contributed by atoms with Crippen molar-refractivity contribution in [1.82, 2.24) is 25.2 Å². The average molecular weight is 607 g/mol. The van der Waals surface area contributed by atoms with Crippen molar-refractivity contribution in [3.05, 3.63) is 46.6 Å². The quantitative estimate of drug-likeness (QED) is 0.198. The van der Waals surface area contributed by atoms with Crippen LogP contribution in [0.5, 0.6) is 0 Å². The van der Waals surface area contributed by atoms with Crippen LogP contribution in [-0.4, -0.2) is 71.4 Å². The first-order valence-corrected chi connectivity index (χ1v) is 16.2. The fourth-order valence-corrected chi connectivity index (χ4v) is 6.81. The summed E-state index contributed by atoms with van der Waals surface area (Å²) in [5, 5.41) is 6.95. The molecule has 1 fully saturated rings. The number of carbonyl (C=O) groups is 2. The van der Waals surface area contributed by atoms with Gasteiger partial charge < -0.3 is 24.7 Å². The van der Waals surface area contributed by atoms with Crippen LogP contribution in [-0.2, 0) is 27.9 Å². The number of methoxy groups -OCH3 is 1. The predicted molar refractivity (Wildman–Crippen MR) is 169 cm³/mol. The molecule has 1 saturated heterocycles. The molecule has 0 aromatic carbocycles. The molecule has 1 unspecified atom stereocenters. The molecule has 0 spiro atoms. The Hall–Kier alpha value is -3.11. The van der Waals surface area contributed by atoms with Gasteiger partial charge in [0.2, 0.25) is 5.91 Å². The van der Waals surface area contributed by atoms with Crippen LogP contribution < -0.4 is 10.6 Å². The molecule has 0 radical (unpaired) electrons. The van der Waals surface area contributed by atoms with Gasteiger partial charge in [0, 0.05) is 70.1 Å². The first-order valence-electron chi connectivity index (χ1n) is 16.2. The molecular formula is C34H50N6O4. The highest BCUT2D eigenvalue weighted by molar-refractivity contribution is 6.01. The summed E-state index contributed by atoms with van der Waals surface area (Å²) in [5.74, 6) is 3.43.